The molecule has 0 saturated heterocycles. The van der Waals surface area contributed by atoms with Crippen molar-refractivity contribution < 1.29 is 18.8 Å². The number of aromatic amines is 1. The summed E-state index contributed by atoms with van der Waals surface area (Å²) in [5.41, 5.74) is 5.72. The highest BCUT2D eigenvalue weighted by Gasteiger charge is 2.22. The number of halogens is 1. The largest absolute Gasteiger partial charge is 0.491 e. The number of hydrogen-bond acceptors (Lipinski definition) is 5. The lowest BCUT2D eigenvalue weighted by molar-refractivity contribution is 0.0634. The van der Waals surface area contributed by atoms with E-state index in [1.165, 1.54) is 34.3 Å². The van der Waals surface area contributed by atoms with Crippen molar-refractivity contribution in [1.29, 1.82) is 0 Å². The van der Waals surface area contributed by atoms with Gasteiger partial charge in [0.2, 0.25) is 0 Å². The van der Waals surface area contributed by atoms with Crippen LogP contribution in [0.25, 0.3) is 33.1 Å². The zero-order valence-electron chi connectivity index (χ0n) is 18.5. The summed E-state index contributed by atoms with van der Waals surface area (Å²) in [4.78, 5) is 5.78. The zero-order valence-corrected chi connectivity index (χ0v) is 18.5. The second kappa shape index (κ2) is 8.59. The fourth-order valence-corrected chi connectivity index (χ4v) is 4.78. The Kier molecular flexibility index (Phi) is 5.28. The quantitative estimate of drug-likeness (QED) is 0.379. The summed E-state index contributed by atoms with van der Waals surface area (Å²) >= 11 is 0. The number of aliphatic hydroxyl groups excluding tert-OH is 1. The number of hydrogen-bond donors (Lipinski definition) is 2. The lowest BCUT2D eigenvalue weighted by Crippen LogP contribution is -2.38. The van der Waals surface area contributed by atoms with E-state index in [4.69, 9.17) is 9.26 Å². The maximum absolute atomic E-state index is 13.4. The molecule has 0 amide bonds. The molecule has 1 aliphatic heterocycles. The predicted molar refractivity (Wildman–Crippen MR) is 128 cm³/mol. The maximum Gasteiger partial charge on any atom is 0.170 e. The van der Waals surface area contributed by atoms with Gasteiger partial charge in [-0.3, -0.25) is 4.90 Å². The van der Waals surface area contributed by atoms with E-state index in [1.54, 1.807) is 6.07 Å². The topological polar surface area (TPSA) is 74.5 Å². The summed E-state index contributed by atoms with van der Waals surface area (Å²) in [6.45, 7) is 2.47. The van der Waals surface area contributed by atoms with Gasteiger partial charge >= 0.3 is 0 Å². The Bertz CT molecular complexity index is 1460. The molecule has 6 nitrogen and oxygen atoms in total. The van der Waals surface area contributed by atoms with Crippen LogP contribution in [0.4, 0.5) is 4.39 Å². The molecule has 0 saturated carbocycles. The smallest absolute Gasteiger partial charge is 0.170 e. The first kappa shape index (κ1) is 20.9. The fourth-order valence-electron chi connectivity index (χ4n) is 4.78. The number of aromatic nitrogens is 2. The number of para-hydroxylation sites is 1. The molecule has 0 radical (unpaired) electrons. The van der Waals surface area contributed by atoms with Crippen LogP contribution in [0, 0.1) is 5.82 Å². The minimum atomic E-state index is -0.597. The van der Waals surface area contributed by atoms with Crippen LogP contribution < -0.4 is 4.74 Å². The maximum atomic E-state index is 13.4. The lowest BCUT2D eigenvalue weighted by atomic mass is 10.0. The Morgan fingerprint density at radius 3 is 2.82 bits per heavy atom. The zero-order chi connectivity index (χ0) is 23.1. The molecule has 6 rings (SSSR count). The van der Waals surface area contributed by atoms with E-state index in [1.807, 2.05) is 30.3 Å². The molecule has 3 aromatic carbocycles. The Morgan fingerprint density at radius 1 is 1.09 bits per heavy atom. The third-order valence-corrected chi connectivity index (χ3v) is 6.43. The van der Waals surface area contributed by atoms with Crippen molar-refractivity contribution in [3.05, 3.63) is 83.8 Å². The van der Waals surface area contributed by atoms with Crippen molar-refractivity contribution in [2.75, 3.05) is 19.7 Å². The number of aliphatic hydroxyl groups is 1. The van der Waals surface area contributed by atoms with E-state index >= 15 is 0 Å². The van der Waals surface area contributed by atoms with Crippen molar-refractivity contribution in [2.24, 2.45) is 0 Å². The van der Waals surface area contributed by atoms with E-state index in [0.29, 0.717) is 23.6 Å². The molecule has 34 heavy (non-hydrogen) atoms. The van der Waals surface area contributed by atoms with Gasteiger partial charge in [-0.25, -0.2) is 4.39 Å². The van der Waals surface area contributed by atoms with E-state index in [2.05, 4.69) is 33.2 Å². The first-order valence-corrected chi connectivity index (χ1v) is 11.4. The standard InChI is InChI=1S/C27H24FN3O3/c28-18-7-10-23-26(13-18)34-30-27(23)17-5-8-20(9-6-17)33-16-19(32)14-31-12-11-22-21-3-1-2-4-24(21)29-25(22)15-31/h1-10,13,19,29,32H,11-12,14-16H2/t19-/m1/s1. The highest BCUT2D eigenvalue weighted by atomic mass is 19.1. The van der Waals surface area contributed by atoms with Gasteiger partial charge in [0.15, 0.2) is 5.58 Å². The van der Waals surface area contributed by atoms with Crippen molar-refractivity contribution in [2.45, 2.75) is 19.1 Å². The number of β-amino-alcohol motifs (C(OH)–C–C–N with tert-alkyl or cyclic N) is 1. The van der Waals surface area contributed by atoms with Gasteiger partial charge in [0.25, 0.3) is 0 Å². The number of fused-ring (bicyclic) bond motifs is 4. The molecule has 7 heteroatoms. The van der Waals surface area contributed by atoms with Crippen LogP contribution in [0.3, 0.4) is 0 Å². The number of nitrogens with zero attached hydrogens (tertiary/aromatic N) is 2. The number of benzene rings is 3. The molecule has 1 atom stereocenters. The Hall–Kier alpha value is -3.68. The van der Waals surface area contributed by atoms with E-state index in [0.717, 1.165) is 30.5 Å². The third-order valence-electron chi connectivity index (χ3n) is 6.43. The molecule has 0 unspecified atom stereocenters. The molecule has 0 aliphatic carbocycles. The number of rotatable bonds is 6. The van der Waals surface area contributed by atoms with Crippen LogP contribution in [-0.2, 0) is 13.0 Å². The molecule has 2 N–H and O–H groups in total. The van der Waals surface area contributed by atoms with Crippen LogP contribution >= 0.6 is 0 Å². The average molecular weight is 458 g/mol. The fraction of sp³-hybridized carbons (Fsp3) is 0.222. The van der Waals surface area contributed by atoms with Crippen molar-refractivity contribution in [3.63, 3.8) is 0 Å². The molecular weight excluding hydrogens is 433 g/mol. The van der Waals surface area contributed by atoms with Gasteiger partial charge in [-0.1, -0.05) is 23.4 Å². The third kappa shape index (κ3) is 3.93. The molecule has 3 heterocycles. The molecule has 5 aromatic rings. The van der Waals surface area contributed by atoms with Crippen LogP contribution in [0.5, 0.6) is 5.75 Å². The normalized spacial score (nSPS) is 15.0. The summed E-state index contributed by atoms with van der Waals surface area (Å²) in [6.07, 6.45) is 0.373. The number of H-pyrrole nitrogens is 1. The second-order valence-electron chi connectivity index (χ2n) is 8.77. The van der Waals surface area contributed by atoms with Crippen molar-refractivity contribution in [1.82, 2.24) is 15.0 Å². The molecule has 1 aliphatic rings. The Balaban J connectivity index is 1.06. The SMILES string of the molecule is O[C@@H](COc1ccc(-c2noc3cc(F)ccc23)cc1)CN1CCc2c([nH]c3ccccc23)C1. The van der Waals surface area contributed by atoms with Crippen LogP contribution in [0.1, 0.15) is 11.3 Å². The van der Waals surface area contributed by atoms with Crippen molar-refractivity contribution >= 4 is 21.9 Å². The minimum Gasteiger partial charge on any atom is -0.491 e. The van der Waals surface area contributed by atoms with Gasteiger partial charge in [-0.2, -0.15) is 0 Å². The van der Waals surface area contributed by atoms with Gasteiger partial charge < -0.3 is 19.4 Å². The van der Waals surface area contributed by atoms with Crippen LogP contribution in [0.2, 0.25) is 0 Å². The monoisotopic (exact) mass is 457 g/mol. The first-order chi connectivity index (χ1) is 16.6. The van der Waals surface area contributed by atoms with E-state index < -0.39 is 6.10 Å². The Morgan fingerprint density at radius 2 is 1.94 bits per heavy atom. The van der Waals surface area contributed by atoms with Gasteiger partial charge in [-0.15, -0.1) is 0 Å². The highest BCUT2D eigenvalue weighted by molar-refractivity contribution is 5.91. The first-order valence-electron chi connectivity index (χ1n) is 11.4. The summed E-state index contributed by atoms with van der Waals surface area (Å²) < 4.78 is 24.4. The molecule has 172 valence electrons. The highest BCUT2D eigenvalue weighted by Crippen LogP contribution is 2.30. The van der Waals surface area contributed by atoms with Gasteiger partial charge in [0.05, 0.1) is 0 Å². The second-order valence-corrected chi connectivity index (χ2v) is 8.77. The molecule has 0 bridgehead atoms. The van der Waals surface area contributed by atoms with E-state index in [9.17, 15) is 9.50 Å². The van der Waals surface area contributed by atoms with Gasteiger partial charge in [0, 0.05) is 53.2 Å². The van der Waals surface area contributed by atoms with Gasteiger partial charge in [-0.05, 0) is 54.4 Å². The summed E-state index contributed by atoms with van der Waals surface area (Å²) in [5, 5.41) is 16.7. The molecule has 0 fully saturated rings. The minimum absolute atomic E-state index is 0.210. The number of ether oxygens (including phenoxy) is 1. The summed E-state index contributed by atoms with van der Waals surface area (Å²) in [7, 11) is 0. The number of nitrogens with one attached hydrogen (secondary N) is 1. The predicted octanol–water partition coefficient (Wildman–Crippen LogP) is 4.91. The van der Waals surface area contributed by atoms with Crippen LogP contribution in [0.15, 0.2) is 71.3 Å². The average Bonchev–Trinajstić information content (AvgIpc) is 3.43. The Labute approximate surface area is 195 Å². The molecular formula is C27H24FN3O3. The van der Waals surface area contributed by atoms with Crippen LogP contribution in [-0.4, -0.2) is 45.9 Å². The lowest BCUT2D eigenvalue weighted by Gasteiger charge is -2.28. The summed E-state index contributed by atoms with van der Waals surface area (Å²) in [5.74, 6) is 0.307. The van der Waals surface area contributed by atoms with Gasteiger partial charge in [0.1, 0.15) is 30.0 Å². The summed E-state index contributed by atoms with van der Waals surface area (Å²) in [6, 6.07) is 20.2. The molecule has 2 aromatic heterocycles. The molecule has 0 spiro atoms. The van der Waals surface area contributed by atoms with Crippen molar-refractivity contribution in [3.8, 4) is 17.0 Å². The van der Waals surface area contributed by atoms with E-state index in [-0.39, 0.29) is 12.4 Å².